The third-order valence-electron chi connectivity index (χ3n) is 3.82. The molecular formula is C15H14ClF3N4. The molecular weight excluding hydrogens is 329 g/mol. The van der Waals surface area contributed by atoms with Crippen LogP contribution in [0.25, 0.3) is 0 Å². The van der Waals surface area contributed by atoms with Crippen LogP contribution in [-0.4, -0.2) is 26.4 Å². The zero-order chi connectivity index (χ0) is 16.6. The molecule has 0 fully saturated rings. The number of aromatic nitrogens is 3. The van der Waals surface area contributed by atoms with E-state index in [2.05, 4.69) is 19.9 Å². The summed E-state index contributed by atoms with van der Waals surface area (Å²) in [7, 11) is 0. The molecule has 0 saturated heterocycles. The highest BCUT2D eigenvalue weighted by Crippen LogP contribution is 2.28. The molecule has 0 saturated carbocycles. The Morgan fingerprint density at radius 2 is 2.04 bits per heavy atom. The Bertz CT molecular complexity index is 733. The minimum Gasteiger partial charge on any atom is -0.294 e. The van der Waals surface area contributed by atoms with Crippen LogP contribution in [0.5, 0.6) is 0 Å². The molecule has 0 unspecified atom stereocenters. The van der Waals surface area contributed by atoms with Crippen molar-refractivity contribution >= 4 is 11.6 Å². The summed E-state index contributed by atoms with van der Waals surface area (Å²) in [4.78, 5) is 13.5. The van der Waals surface area contributed by atoms with Crippen molar-refractivity contribution in [2.24, 2.45) is 0 Å². The van der Waals surface area contributed by atoms with Crippen molar-refractivity contribution in [1.82, 2.24) is 19.9 Å². The van der Waals surface area contributed by atoms with E-state index in [1.165, 1.54) is 6.20 Å². The molecule has 2 aromatic heterocycles. The van der Waals surface area contributed by atoms with E-state index in [-0.39, 0.29) is 0 Å². The Morgan fingerprint density at radius 1 is 1.26 bits per heavy atom. The largest absolute Gasteiger partial charge is 0.451 e. The minimum atomic E-state index is -4.50. The zero-order valence-electron chi connectivity index (χ0n) is 12.4. The van der Waals surface area contributed by atoms with Crippen molar-refractivity contribution < 1.29 is 13.2 Å². The molecule has 4 nitrogen and oxygen atoms in total. The number of aryl methyl sites for hydroxylation is 1. The topological polar surface area (TPSA) is 41.9 Å². The van der Waals surface area contributed by atoms with Crippen LogP contribution < -0.4 is 0 Å². The number of hydrogen-bond donors (Lipinski definition) is 0. The van der Waals surface area contributed by atoms with Crippen LogP contribution in [0.4, 0.5) is 13.2 Å². The molecule has 0 spiro atoms. The van der Waals surface area contributed by atoms with Crippen LogP contribution in [0.15, 0.2) is 18.3 Å². The summed E-state index contributed by atoms with van der Waals surface area (Å²) in [5.74, 6) is -1.07. The summed E-state index contributed by atoms with van der Waals surface area (Å²) in [6, 6.07) is 3.66. The second-order valence-corrected chi connectivity index (χ2v) is 5.89. The summed E-state index contributed by atoms with van der Waals surface area (Å²) in [6.45, 7) is 3.72. The number of halogens is 4. The van der Waals surface area contributed by atoms with Crippen LogP contribution in [0.2, 0.25) is 5.15 Å². The van der Waals surface area contributed by atoms with Gasteiger partial charge in [-0.3, -0.25) is 4.90 Å². The van der Waals surface area contributed by atoms with Crippen LogP contribution in [0.3, 0.4) is 0 Å². The minimum absolute atomic E-state index is 0.448. The van der Waals surface area contributed by atoms with Crippen LogP contribution in [-0.2, 0) is 25.7 Å². The van der Waals surface area contributed by atoms with Gasteiger partial charge in [-0.25, -0.2) is 15.0 Å². The van der Waals surface area contributed by atoms with Gasteiger partial charge in [-0.05, 0) is 18.6 Å². The van der Waals surface area contributed by atoms with Crippen molar-refractivity contribution in [1.29, 1.82) is 0 Å². The number of nitrogens with zero attached hydrogens (tertiary/aromatic N) is 4. The highest BCUT2D eigenvalue weighted by molar-refractivity contribution is 6.29. The van der Waals surface area contributed by atoms with Gasteiger partial charge < -0.3 is 0 Å². The summed E-state index contributed by atoms with van der Waals surface area (Å²) < 4.78 is 37.9. The Balaban J connectivity index is 1.75. The van der Waals surface area contributed by atoms with E-state index in [1.54, 1.807) is 6.07 Å². The lowest BCUT2D eigenvalue weighted by Gasteiger charge is -2.28. The molecule has 0 amide bonds. The van der Waals surface area contributed by atoms with Gasteiger partial charge >= 0.3 is 6.18 Å². The molecule has 0 atom stereocenters. The predicted molar refractivity (Wildman–Crippen MR) is 78.8 cm³/mol. The van der Waals surface area contributed by atoms with Crippen molar-refractivity contribution in [2.75, 3.05) is 6.54 Å². The molecule has 0 radical (unpaired) electrons. The highest BCUT2D eigenvalue weighted by Gasteiger charge is 2.35. The smallest absolute Gasteiger partial charge is 0.294 e. The summed E-state index contributed by atoms with van der Waals surface area (Å²) >= 11 is 5.85. The fraction of sp³-hybridized carbons (Fsp3) is 0.400. The van der Waals surface area contributed by atoms with E-state index < -0.39 is 12.0 Å². The molecule has 1 aliphatic heterocycles. The first-order valence-corrected chi connectivity index (χ1v) is 7.47. The second kappa shape index (κ2) is 6.05. The number of alkyl halides is 3. The van der Waals surface area contributed by atoms with Gasteiger partial charge in [0, 0.05) is 43.5 Å². The van der Waals surface area contributed by atoms with Crippen molar-refractivity contribution in [3.05, 3.63) is 51.8 Å². The molecule has 0 N–H and O–H groups in total. The first kappa shape index (κ1) is 16.1. The Labute approximate surface area is 136 Å². The van der Waals surface area contributed by atoms with Gasteiger partial charge in [-0.1, -0.05) is 17.7 Å². The van der Waals surface area contributed by atoms with Crippen molar-refractivity contribution in [2.45, 2.75) is 32.6 Å². The zero-order valence-corrected chi connectivity index (χ0v) is 13.1. The summed E-state index contributed by atoms with van der Waals surface area (Å²) in [5.41, 5.74) is 3.12. The van der Waals surface area contributed by atoms with Gasteiger partial charge in [0.1, 0.15) is 5.15 Å². The maximum Gasteiger partial charge on any atom is 0.451 e. The second-order valence-electron chi connectivity index (χ2n) is 5.50. The van der Waals surface area contributed by atoms with Crippen LogP contribution in [0.1, 0.15) is 28.3 Å². The van der Waals surface area contributed by atoms with Gasteiger partial charge in [-0.2, -0.15) is 13.2 Å². The normalized spacial score (nSPS) is 15.5. The number of rotatable bonds is 2. The number of pyridine rings is 1. The number of fused-ring (bicyclic) bond motifs is 1. The van der Waals surface area contributed by atoms with Crippen molar-refractivity contribution in [3.63, 3.8) is 0 Å². The van der Waals surface area contributed by atoms with Crippen LogP contribution >= 0.6 is 11.6 Å². The predicted octanol–water partition coefficient (Wildman–Crippen LogP) is 3.41. The first-order valence-electron chi connectivity index (χ1n) is 7.09. The van der Waals surface area contributed by atoms with E-state index in [9.17, 15) is 13.2 Å². The molecule has 3 rings (SSSR count). The highest BCUT2D eigenvalue weighted by atomic mass is 35.5. The van der Waals surface area contributed by atoms with Crippen LogP contribution in [0, 0.1) is 6.92 Å². The molecule has 0 aliphatic carbocycles. The summed E-state index contributed by atoms with van der Waals surface area (Å²) in [5, 5.41) is 0.448. The summed E-state index contributed by atoms with van der Waals surface area (Å²) in [6.07, 6.45) is -2.75. The van der Waals surface area contributed by atoms with E-state index >= 15 is 0 Å². The van der Waals surface area contributed by atoms with Gasteiger partial charge in [0.2, 0.25) is 5.82 Å². The molecule has 0 bridgehead atoms. The van der Waals surface area contributed by atoms with E-state index in [0.717, 1.165) is 16.8 Å². The fourth-order valence-electron chi connectivity index (χ4n) is 2.61. The Hall–Kier alpha value is -1.73. The van der Waals surface area contributed by atoms with Gasteiger partial charge in [-0.15, -0.1) is 0 Å². The SMILES string of the molecule is Cc1nc(Cl)ccc1CN1CCc2nc(C(F)(F)F)ncc2C1. The van der Waals surface area contributed by atoms with Gasteiger partial charge in [0.25, 0.3) is 0 Å². The Morgan fingerprint density at radius 3 is 2.74 bits per heavy atom. The molecule has 8 heteroatoms. The third kappa shape index (κ3) is 3.61. The lowest BCUT2D eigenvalue weighted by molar-refractivity contribution is -0.145. The Kier molecular flexibility index (Phi) is 4.25. The van der Waals surface area contributed by atoms with Crippen molar-refractivity contribution in [3.8, 4) is 0 Å². The van der Waals surface area contributed by atoms with Gasteiger partial charge in [0.05, 0.1) is 5.69 Å². The molecule has 2 aromatic rings. The van der Waals surface area contributed by atoms with E-state index in [4.69, 9.17) is 11.6 Å². The van der Waals surface area contributed by atoms with E-state index in [0.29, 0.717) is 36.9 Å². The third-order valence-corrected chi connectivity index (χ3v) is 4.03. The molecule has 0 aromatic carbocycles. The average molecular weight is 343 g/mol. The van der Waals surface area contributed by atoms with Gasteiger partial charge in [0.15, 0.2) is 0 Å². The van der Waals surface area contributed by atoms with E-state index in [1.807, 2.05) is 13.0 Å². The molecule has 122 valence electrons. The first-order chi connectivity index (χ1) is 10.8. The monoisotopic (exact) mass is 342 g/mol. The molecule has 3 heterocycles. The molecule has 23 heavy (non-hydrogen) atoms. The quantitative estimate of drug-likeness (QED) is 0.784. The standard InChI is InChI=1S/C15H14ClF3N4/c1-9-10(2-3-13(16)21-9)7-23-5-4-12-11(8-23)6-20-14(22-12)15(17,18)19/h2-3,6H,4-5,7-8H2,1H3. The molecule has 1 aliphatic rings. The lowest BCUT2D eigenvalue weighted by atomic mass is 10.1. The average Bonchev–Trinajstić information content (AvgIpc) is 2.48. The lowest BCUT2D eigenvalue weighted by Crippen LogP contribution is -2.32. The maximum atomic E-state index is 12.6. The number of hydrogen-bond acceptors (Lipinski definition) is 4. The maximum absolute atomic E-state index is 12.6. The fourth-order valence-corrected chi connectivity index (χ4v) is 2.80.